The molecule has 1 aromatic carbocycles. The van der Waals surface area contributed by atoms with Gasteiger partial charge in [0, 0.05) is 15.6 Å². The van der Waals surface area contributed by atoms with Crippen molar-refractivity contribution < 1.29 is 9.90 Å². The largest absolute Gasteiger partial charge is 0.508 e. The van der Waals surface area contributed by atoms with Crippen molar-refractivity contribution in [3.8, 4) is 5.75 Å². The van der Waals surface area contributed by atoms with Crippen LogP contribution in [0.5, 0.6) is 5.75 Å². The molecule has 0 spiro atoms. The zero-order chi connectivity index (χ0) is 10.0. The van der Waals surface area contributed by atoms with Crippen molar-refractivity contribution in [1.29, 1.82) is 0 Å². The third-order valence-corrected chi connectivity index (χ3v) is 3.09. The average Bonchev–Trinajstić information content (AvgIpc) is 2.12. The number of benzene rings is 1. The van der Waals surface area contributed by atoms with Crippen molar-refractivity contribution >= 4 is 37.6 Å². The number of phenols is 1. The summed E-state index contributed by atoms with van der Waals surface area (Å²) in [5.74, 6) is 0.0923. The topological polar surface area (TPSA) is 37.3 Å². The van der Waals surface area contributed by atoms with Crippen LogP contribution < -0.4 is 0 Å². The van der Waals surface area contributed by atoms with Crippen LogP contribution in [0.4, 0.5) is 0 Å². The predicted octanol–water partition coefficient (Wildman–Crippen LogP) is 3.04. The van der Waals surface area contributed by atoms with Crippen LogP contribution in [-0.4, -0.2) is 16.2 Å². The Morgan fingerprint density at radius 1 is 1.54 bits per heavy atom. The Kier molecular flexibility index (Phi) is 3.50. The van der Waals surface area contributed by atoms with E-state index in [1.807, 2.05) is 0 Å². The van der Waals surface area contributed by atoms with Crippen LogP contribution in [0.2, 0.25) is 0 Å². The molecule has 1 rings (SSSR count). The molecule has 0 aliphatic carbocycles. The number of ketones is 1. The second-order valence-electron chi connectivity index (χ2n) is 2.66. The van der Waals surface area contributed by atoms with Crippen LogP contribution in [0.15, 0.2) is 16.6 Å². The first-order valence-electron chi connectivity index (χ1n) is 3.64. The molecular weight excluding hydrogens is 300 g/mol. The molecule has 4 heteroatoms. The Bertz CT molecular complexity index is 324. The fourth-order valence-electron chi connectivity index (χ4n) is 0.902. The van der Waals surface area contributed by atoms with Crippen molar-refractivity contribution in [3.05, 3.63) is 27.7 Å². The van der Waals surface area contributed by atoms with Gasteiger partial charge in [0.05, 0.1) is 5.33 Å². The summed E-state index contributed by atoms with van der Waals surface area (Å²) in [4.78, 5) is 11.3. The Morgan fingerprint density at radius 3 is 2.62 bits per heavy atom. The van der Waals surface area contributed by atoms with Crippen molar-refractivity contribution in [3.63, 3.8) is 0 Å². The molecule has 0 heterocycles. The monoisotopic (exact) mass is 306 g/mol. The molecule has 0 amide bonds. The summed E-state index contributed by atoms with van der Waals surface area (Å²) in [6, 6.07) is 3.18. The van der Waals surface area contributed by atoms with Crippen molar-refractivity contribution in [1.82, 2.24) is 0 Å². The number of carbonyl (C=O) groups excluding carboxylic acids is 1. The highest BCUT2D eigenvalue weighted by Crippen LogP contribution is 2.27. The first-order valence-corrected chi connectivity index (χ1v) is 5.56. The number of carbonyl (C=O) groups is 1. The number of alkyl halides is 1. The van der Waals surface area contributed by atoms with Crippen LogP contribution in [0.1, 0.15) is 15.9 Å². The van der Waals surface area contributed by atoms with E-state index < -0.39 is 0 Å². The van der Waals surface area contributed by atoms with Crippen LogP contribution in [0.3, 0.4) is 0 Å². The lowest BCUT2D eigenvalue weighted by atomic mass is 10.1. The number of phenolic OH excluding ortho intramolecular Hbond substituents is 1. The third-order valence-electron chi connectivity index (χ3n) is 1.76. The van der Waals surface area contributed by atoms with E-state index in [1.165, 1.54) is 6.07 Å². The Morgan fingerprint density at radius 2 is 2.15 bits per heavy atom. The average molecular weight is 308 g/mol. The number of rotatable bonds is 2. The second-order valence-corrected chi connectivity index (χ2v) is 4.07. The molecule has 0 saturated carbocycles. The van der Waals surface area contributed by atoms with Gasteiger partial charge in [-0.05, 0) is 19.1 Å². The van der Waals surface area contributed by atoms with E-state index in [1.54, 1.807) is 13.0 Å². The van der Waals surface area contributed by atoms with Gasteiger partial charge in [0.2, 0.25) is 0 Å². The molecular formula is C9H8Br2O2. The molecule has 70 valence electrons. The maximum atomic E-state index is 11.3. The molecule has 13 heavy (non-hydrogen) atoms. The summed E-state index contributed by atoms with van der Waals surface area (Å²) >= 11 is 6.34. The van der Waals surface area contributed by atoms with E-state index in [4.69, 9.17) is 0 Å². The first-order chi connectivity index (χ1) is 6.06. The number of Topliss-reactive ketones (excluding diaryl/α,β-unsaturated/α-hetero) is 1. The van der Waals surface area contributed by atoms with Gasteiger partial charge in [-0.15, -0.1) is 0 Å². The van der Waals surface area contributed by atoms with Gasteiger partial charge in [0.15, 0.2) is 5.78 Å². The van der Waals surface area contributed by atoms with Crippen LogP contribution >= 0.6 is 31.9 Å². The minimum atomic E-state index is -0.0454. The quantitative estimate of drug-likeness (QED) is 0.673. The zero-order valence-corrected chi connectivity index (χ0v) is 10.1. The van der Waals surface area contributed by atoms with Crippen molar-refractivity contribution in [2.24, 2.45) is 0 Å². The number of hydrogen-bond acceptors (Lipinski definition) is 2. The minimum absolute atomic E-state index is 0.0454. The zero-order valence-electron chi connectivity index (χ0n) is 6.97. The van der Waals surface area contributed by atoms with E-state index >= 15 is 0 Å². The summed E-state index contributed by atoms with van der Waals surface area (Å²) in [6.07, 6.45) is 0. The van der Waals surface area contributed by atoms with Crippen LogP contribution in [0.25, 0.3) is 0 Å². The van der Waals surface area contributed by atoms with Crippen LogP contribution in [0, 0.1) is 6.92 Å². The Balaban J connectivity index is 3.20. The fraction of sp³-hybridized carbons (Fsp3) is 0.222. The molecule has 0 fully saturated rings. The van der Waals surface area contributed by atoms with Crippen LogP contribution in [-0.2, 0) is 0 Å². The molecule has 0 unspecified atom stereocenters. The highest BCUT2D eigenvalue weighted by Gasteiger charge is 2.09. The molecule has 0 aliphatic rings. The smallest absolute Gasteiger partial charge is 0.173 e. The number of hydrogen-bond donors (Lipinski definition) is 1. The summed E-state index contributed by atoms with van der Waals surface area (Å²) in [7, 11) is 0. The molecule has 2 nitrogen and oxygen atoms in total. The van der Waals surface area contributed by atoms with Gasteiger partial charge in [-0.1, -0.05) is 31.9 Å². The Hall–Kier alpha value is -0.350. The van der Waals surface area contributed by atoms with Gasteiger partial charge < -0.3 is 5.11 Å². The van der Waals surface area contributed by atoms with E-state index in [-0.39, 0.29) is 16.9 Å². The maximum Gasteiger partial charge on any atom is 0.173 e. The normalized spacial score (nSPS) is 10.1. The molecule has 0 aliphatic heterocycles. The lowest BCUT2D eigenvalue weighted by Gasteiger charge is -2.04. The summed E-state index contributed by atoms with van der Waals surface area (Å²) in [5, 5.41) is 9.69. The van der Waals surface area contributed by atoms with Gasteiger partial charge in [-0.2, -0.15) is 0 Å². The number of halogens is 2. The maximum absolute atomic E-state index is 11.3. The van der Waals surface area contributed by atoms with Gasteiger partial charge in [0.25, 0.3) is 0 Å². The first kappa shape index (κ1) is 10.7. The minimum Gasteiger partial charge on any atom is -0.508 e. The molecule has 0 radical (unpaired) electrons. The third kappa shape index (κ3) is 2.31. The van der Waals surface area contributed by atoms with Gasteiger partial charge >= 0.3 is 0 Å². The molecule has 1 N–H and O–H groups in total. The molecule has 0 atom stereocenters. The molecule has 0 saturated heterocycles. The standard InChI is InChI=1S/C9H8Br2O2/c1-5-7(11)2-6(3-8(5)12)9(13)4-10/h2-3,12H,4H2,1H3. The summed E-state index contributed by atoms with van der Waals surface area (Å²) < 4.78 is 0.747. The van der Waals surface area contributed by atoms with E-state index in [0.717, 1.165) is 10.0 Å². The van der Waals surface area contributed by atoms with E-state index in [0.29, 0.717) is 5.56 Å². The predicted molar refractivity (Wildman–Crippen MR) is 58.7 cm³/mol. The van der Waals surface area contributed by atoms with Gasteiger partial charge in [-0.25, -0.2) is 0 Å². The highest BCUT2D eigenvalue weighted by molar-refractivity contribution is 9.10. The van der Waals surface area contributed by atoms with E-state index in [2.05, 4.69) is 31.9 Å². The van der Waals surface area contributed by atoms with Crippen molar-refractivity contribution in [2.75, 3.05) is 5.33 Å². The fourth-order valence-corrected chi connectivity index (χ4v) is 1.68. The number of aromatic hydroxyl groups is 1. The summed E-state index contributed by atoms with van der Waals surface area (Å²) in [5.41, 5.74) is 1.25. The Labute approximate surface area is 93.2 Å². The van der Waals surface area contributed by atoms with E-state index in [9.17, 15) is 9.90 Å². The van der Waals surface area contributed by atoms with Crippen molar-refractivity contribution in [2.45, 2.75) is 6.92 Å². The summed E-state index contributed by atoms with van der Waals surface area (Å²) in [6.45, 7) is 1.78. The molecule has 0 bridgehead atoms. The lowest BCUT2D eigenvalue weighted by molar-refractivity contribution is 0.102. The molecule has 1 aromatic rings. The lowest BCUT2D eigenvalue weighted by Crippen LogP contribution is -2.00. The SMILES string of the molecule is Cc1c(O)cc(C(=O)CBr)cc1Br. The van der Waals surface area contributed by atoms with Gasteiger partial charge in [0.1, 0.15) is 5.75 Å². The second kappa shape index (κ2) is 4.24. The highest BCUT2D eigenvalue weighted by atomic mass is 79.9. The molecule has 0 aromatic heterocycles. The van der Waals surface area contributed by atoms with Gasteiger partial charge in [-0.3, -0.25) is 4.79 Å².